The van der Waals surface area contributed by atoms with Crippen LogP contribution in [0.1, 0.15) is 25.7 Å². The van der Waals surface area contributed by atoms with Gasteiger partial charge in [0.2, 0.25) is 10.0 Å². The van der Waals surface area contributed by atoms with Gasteiger partial charge in [-0.25, -0.2) is 17.9 Å². The van der Waals surface area contributed by atoms with E-state index in [2.05, 4.69) is 10.0 Å². The predicted octanol–water partition coefficient (Wildman–Crippen LogP) is 3.30. The molecule has 2 atom stereocenters. The molecule has 1 heterocycles. The zero-order valence-corrected chi connectivity index (χ0v) is 17.2. The van der Waals surface area contributed by atoms with E-state index in [1.165, 1.54) is 12.1 Å². The first-order chi connectivity index (χ1) is 14.5. The number of anilines is 1. The number of sulfonamides is 1. The van der Waals surface area contributed by atoms with Crippen LogP contribution in [0.25, 0.3) is 0 Å². The molecule has 2 aromatic carbocycles. The monoisotopic (exact) mass is 432 g/mol. The van der Waals surface area contributed by atoms with E-state index in [-0.39, 0.29) is 17.0 Å². The normalized spacial score (nSPS) is 20.9. The average molecular weight is 432 g/mol. The van der Waals surface area contributed by atoms with E-state index in [4.69, 9.17) is 14.2 Å². The van der Waals surface area contributed by atoms with Crippen molar-refractivity contribution in [3.8, 4) is 11.5 Å². The highest BCUT2D eigenvalue weighted by Crippen LogP contribution is 2.32. The lowest BCUT2D eigenvalue weighted by Crippen LogP contribution is -2.41. The van der Waals surface area contributed by atoms with Crippen LogP contribution in [0.4, 0.5) is 10.5 Å². The number of carbonyl (C=O) groups excluding carboxylic acids is 1. The first-order valence-corrected chi connectivity index (χ1v) is 11.4. The Labute approximate surface area is 175 Å². The van der Waals surface area contributed by atoms with Gasteiger partial charge in [-0.15, -0.1) is 0 Å². The summed E-state index contributed by atoms with van der Waals surface area (Å²) in [6, 6.07) is 13.3. The number of para-hydroxylation sites is 1. The number of rotatable bonds is 5. The highest BCUT2D eigenvalue weighted by atomic mass is 32.2. The van der Waals surface area contributed by atoms with Gasteiger partial charge in [0, 0.05) is 24.2 Å². The Kier molecular flexibility index (Phi) is 6.10. The molecule has 2 N–H and O–H groups in total. The first kappa shape index (κ1) is 20.5. The standard InChI is InChI=1S/C21H24N2O6S/c24-21(22-15-5-2-1-3-6-15)29-17-8-4-7-16(13-17)23-30(25,26)18-9-10-19-20(14-18)28-12-11-27-19/h1-3,5-6,9-10,14,16-17,23H,4,7-8,11-13H2,(H,22,24)/t16-,17-/m1/s1. The fourth-order valence-corrected chi connectivity index (χ4v) is 4.96. The third kappa shape index (κ3) is 5.03. The number of hydrogen-bond donors (Lipinski definition) is 2. The van der Waals surface area contributed by atoms with E-state index in [9.17, 15) is 13.2 Å². The van der Waals surface area contributed by atoms with Crippen LogP contribution in [0.15, 0.2) is 53.4 Å². The van der Waals surface area contributed by atoms with E-state index < -0.39 is 16.1 Å². The molecule has 8 nitrogen and oxygen atoms in total. The number of fused-ring (bicyclic) bond motifs is 1. The van der Waals surface area contributed by atoms with Crippen molar-refractivity contribution < 1.29 is 27.4 Å². The summed E-state index contributed by atoms with van der Waals surface area (Å²) in [5.41, 5.74) is 0.647. The zero-order valence-electron chi connectivity index (χ0n) is 16.4. The number of hydrogen-bond acceptors (Lipinski definition) is 6. The number of carbonyl (C=O) groups is 1. The van der Waals surface area contributed by atoms with Gasteiger partial charge >= 0.3 is 6.09 Å². The molecule has 1 amide bonds. The number of ether oxygens (including phenoxy) is 3. The minimum absolute atomic E-state index is 0.122. The SMILES string of the molecule is O=C(Nc1ccccc1)O[C@@H]1CCC[C@@H](NS(=O)(=O)c2ccc3c(c2)OCCO3)C1. The van der Waals surface area contributed by atoms with Gasteiger partial charge in [-0.1, -0.05) is 18.2 Å². The maximum Gasteiger partial charge on any atom is 0.411 e. The Morgan fingerprint density at radius 1 is 1.00 bits per heavy atom. The molecule has 0 spiro atoms. The summed E-state index contributed by atoms with van der Waals surface area (Å²) in [4.78, 5) is 12.3. The lowest BCUT2D eigenvalue weighted by molar-refractivity contribution is 0.0793. The van der Waals surface area contributed by atoms with Crippen molar-refractivity contribution in [2.24, 2.45) is 0 Å². The molecule has 1 aliphatic carbocycles. The van der Waals surface area contributed by atoms with Crippen LogP contribution < -0.4 is 19.5 Å². The summed E-state index contributed by atoms with van der Waals surface area (Å²) in [6.07, 6.45) is 1.68. The lowest BCUT2D eigenvalue weighted by Gasteiger charge is -2.29. The van der Waals surface area contributed by atoms with Gasteiger partial charge in [0.05, 0.1) is 4.90 Å². The minimum atomic E-state index is -3.74. The zero-order chi connectivity index (χ0) is 21.0. The van der Waals surface area contributed by atoms with Crippen molar-refractivity contribution in [1.82, 2.24) is 4.72 Å². The van der Waals surface area contributed by atoms with Crippen molar-refractivity contribution in [2.45, 2.75) is 42.7 Å². The summed E-state index contributed by atoms with van der Waals surface area (Å²) >= 11 is 0. The van der Waals surface area contributed by atoms with Gasteiger partial charge in [0.1, 0.15) is 19.3 Å². The maximum atomic E-state index is 12.8. The molecule has 2 aliphatic rings. The third-order valence-electron chi connectivity index (χ3n) is 5.07. The quantitative estimate of drug-likeness (QED) is 0.752. The van der Waals surface area contributed by atoms with Gasteiger partial charge in [-0.3, -0.25) is 5.32 Å². The highest BCUT2D eigenvalue weighted by Gasteiger charge is 2.29. The van der Waals surface area contributed by atoms with Crippen molar-refractivity contribution in [1.29, 1.82) is 0 Å². The van der Waals surface area contributed by atoms with Crippen LogP contribution in [-0.2, 0) is 14.8 Å². The van der Waals surface area contributed by atoms with Crippen LogP contribution in [0, 0.1) is 0 Å². The molecular weight excluding hydrogens is 408 g/mol. The summed E-state index contributed by atoms with van der Waals surface area (Å²) in [5.74, 6) is 0.960. The molecule has 30 heavy (non-hydrogen) atoms. The van der Waals surface area contributed by atoms with Crippen molar-refractivity contribution in [3.05, 3.63) is 48.5 Å². The Hall–Kier alpha value is -2.78. The highest BCUT2D eigenvalue weighted by molar-refractivity contribution is 7.89. The molecule has 0 aromatic heterocycles. The molecule has 0 unspecified atom stereocenters. The largest absolute Gasteiger partial charge is 0.486 e. The van der Waals surface area contributed by atoms with E-state index in [0.29, 0.717) is 49.7 Å². The summed E-state index contributed by atoms with van der Waals surface area (Å²) < 4.78 is 44.8. The molecule has 1 saturated carbocycles. The number of amides is 1. The molecule has 4 rings (SSSR count). The van der Waals surface area contributed by atoms with Crippen LogP contribution in [0.3, 0.4) is 0 Å². The van der Waals surface area contributed by atoms with Crippen molar-refractivity contribution >= 4 is 21.8 Å². The van der Waals surface area contributed by atoms with Crippen LogP contribution in [0.2, 0.25) is 0 Å². The maximum absolute atomic E-state index is 12.8. The summed E-state index contributed by atoms with van der Waals surface area (Å²) in [6.45, 7) is 0.829. The molecule has 9 heteroatoms. The Bertz CT molecular complexity index is 996. The molecule has 1 fully saturated rings. The van der Waals surface area contributed by atoms with Gasteiger partial charge in [-0.05, 0) is 43.5 Å². The van der Waals surface area contributed by atoms with E-state index in [1.54, 1.807) is 18.2 Å². The Morgan fingerprint density at radius 2 is 1.77 bits per heavy atom. The fraction of sp³-hybridized carbons (Fsp3) is 0.381. The smallest absolute Gasteiger partial charge is 0.411 e. The van der Waals surface area contributed by atoms with Gasteiger partial charge in [0.25, 0.3) is 0 Å². The molecule has 160 valence electrons. The topological polar surface area (TPSA) is 103 Å². The molecule has 2 aromatic rings. The van der Waals surface area contributed by atoms with Gasteiger partial charge in [-0.2, -0.15) is 0 Å². The third-order valence-corrected chi connectivity index (χ3v) is 6.58. The molecular formula is C21H24N2O6S. The Morgan fingerprint density at radius 3 is 2.57 bits per heavy atom. The van der Waals surface area contributed by atoms with Crippen molar-refractivity contribution in [3.63, 3.8) is 0 Å². The minimum Gasteiger partial charge on any atom is -0.486 e. The summed E-state index contributed by atoms with van der Waals surface area (Å²) in [5, 5.41) is 2.68. The van der Waals surface area contributed by atoms with Crippen LogP contribution >= 0.6 is 0 Å². The number of nitrogens with one attached hydrogen (secondary N) is 2. The number of benzene rings is 2. The van der Waals surface area contributed by atoms with E-state index >= 15 is 0 Å². The van der Waals surface area contributed by atoms with Crippen molar-refractivity contribution in [2.75, 3.05) is 18.5 Å². The average Bonchev–Trinajstić information content (AvgIpc) is 2.74. The fourth-order valence-electron chi connectivity index (χ4n) is 3.66. The van der Waals surface area contributed by atoms with E-state index in [1.807, 2.05) is 18.2 Å². The molecule has 0 bridgehead atoms. The van der Waals surface area contributed by atoms with Crippen LogP contribution in [0.5, 0.6) is 11.5 Å². The van der Waals surface area contributed by atoms with Crippen LogP contribution in [-0.4, -0.2) is 39.9 Å². The predicted molar refractivity (Wildman–Crippen MR) is 110 cm³/mol. The van der Waals surface area contributed by atoms with Gasteiger partial charge in [0.15, 0.2) is 11.5 Å². The summed E-state index contributed by atoms with van der Waals surface area (Å²) in [7, 11) is -3.74. The molecule has 0 saturated heterocycles. The van der Waals surface area contributed by atoms with E-state index in [0.717, 1.165) is 6.42 Å². The lowest BCUT2D eigenvalue weighted by atomic mass is 9.94. The first-order valence-electron chi connectivity index (χ1n) is 9.94. The second kappa shape index (κ2) is 8.93. The van der Waals surface area contributed by atoms with Gasteiger partial charge < -0.3 is 14.2 Å². The molecule has 1 aliphatic heterocycles. The second-order valence-electron chi connectivity index (χ2n) is 7.31. The Balaban J connectivity index is 1.35. The molecule has 0 radical (unpaired) electrons. The second-order valence-corrected chi connectivity index (χ2v) is 9.02.